The molecular formula is C13H13BrCl2N2O. The van der Waals surface area contributed by atoms with Crippen LogP contribution in [0.1, 0.15) is 22.9 Å². The summed E-state index contributed by atoms with van der Waals surface area (Å²) in [6.45, 7) is 1.88. The fourth-order valence-corrected chi connectivity index (χ4v) is 2.92. The molecule has 1 unspecified atom stereocenters. The number of hydrogen-bond donors (Lipinski definition) is 1. The summed E-state index contributed by atoms with van der Waals surface area (Å²) < 4.78 is 2.42. The molecule has 0 saturated heterocycles. The third-order valence-corrected chi connectivity index (χ3v) is 4.41. The second kappa shape index (κ2) is 5.83. The molecule has 1 aromatic carbocycles. The fraction of sp³-hybridized carbons (Fsp3) is 0.308. The van der Waals surface area contributed by atoms with Crippen molar-refractivity contribution in [3.63, 3.8) is 0 Å². The Morgan fingerprint density at radius 3 is 2.68 bits per heavy atom. The van der Waals surface area contributed by atoms with Gasteiger partial charge in [-0.15, -0.1) is 0 Å². The Morgan fingerprint density at radius 1 is 1.42 bits per heavy atom. The van der Waals surface area contributed by atoms with Crippen LogP contribution < -0.4 is 0 Å². The highest BCUT2D eigenvalue weighted by Crippen LogP contribution is 2.31. The van der Waals surface area contributed by atoms with Crippen LogP contribution in [-0.2, 0) is 13.5 Å². The number of nitrogens with zero attached hydrogens (tertiary/aromatic N) is 2. The Bertz CT molecular complexity index is 613. The standard InChI is InChI=1S/C13H13BrCl2N2O/c1-7-9(13(16)18(2)17-7)6-12(19)10-5-8(15)3-4-11(10)14/h3-5,12,19H,6H2,1-2H3. The molecule has 0 bridgehead atoms. The van der Waals surface area contributed by atoms with Gasteiger partial charge in [0.1, 0.15) is 5.15 Å². The molecule has 0 aliphatic carbocycles. The highest BCUT2D eigenvalue weighted by atomic mass is 79.9. The molecule has 0 amide bonds. The molecule has 1 heterocycles. The fourth-order valence-electron chi connectivity index (χ4n) is 1.98. The first-order chi connectivity index (χ1) is 8.90. The third-order valence-electron chi connectivity index (χ3n) is 2.98. The van der Waals surface area contributed by atoms with Gasteiger partial charge in [-0.1, -0.05) is 39.1 Å². The predicted octanol–water partition coefficient (Wildman–Crippen LogP) is 4.07. The van der Waals surface area contributed by atoms with E-state index in [2.05, 4.69) is 21.0 Å². The molecule has 2 aromatic rings. The zero-order valence-electron chi connectivity index (χ0n) is 10.5. The summed E-state index contributed by atoms with van der Waals surface area (Å²) in [6.07, 6.45) is -0.286. The van der Waals surface area contributed by atoms with Gasteiger partial charge in [0.05, 0.1) is 11.8 Å². The number of aliphatic hydroxyl groups excluding tert-OH is 1. The van der Waals surface area contributed by atoms with Crippen molar-refractivity contribution in [3.05, 3.63) is 49.7 Å². The lowest BCUT2D eigenvalue weighted by Gasteiger charge is -2.13. The first-order valence-corrected chi connectivity index (χ1v) is 7.26. The molecule has 6 heteroatoms. The van der Waals surface area contributed by atoms with Crippen LogP contribution in [-0.4, -0.2) is 14.9 Å². The van der Waals surface area contributed by atoms with Crippen LogP contribution in [0.25, 0.3) is 0 Å². The summed E-state index contributed by atoms with van der Waals surface area (Å²) >= 11 is 15.5. The Morgan fingerprint density at radius 2 is 2.11 bits per heavy atom. The average Bonchev–Trinajstić information content (AvgIpc) is 2.59. The molecular weight excluding hydrogens is 351 g/mol. The lowest BCUT2D eigenvalue weighted by molar-refractivity contribution is 0.177. The molecule has 0 aliphatic heterocycles. The van der Waals surface area contributed by atoms with E-state index in [1.165, 1.54) is 0 Å². The second-order valence-corrected chi connectivity index (χ2v) is 6.01. The van der Waals surface area contributed by atoms with E-state index in [1.54, 1.807) is 23.9 Å². The van der Waals surface area contributed by atoms with E-state index >= 15 is 0 Å². The molecule has 19 heavy (non-hydrogen) atoms. The molecule has 0 spiro atoms. The predicted molar refractivity (Wildman–Crippen MR) is 80.8 cm³/mol. The van der Waals surface area contributed by atoms with Gasteiger partial charge in [-0.3, -0.25) is 4.68 Å². The van der Waals surface area contributed by atoms with Crippen molar-refractivity contribution in [2.75, 3.05) is 0 Å². The van der Waals surface area contributed by atoms with Crippen molar-refractivity contribution >= 4 is 39.1 Å². The molecule has 3 nitrogen and oxygen atoms in total. The van der Waals surface area contributed by atoms with Crippen LogP contribution in [0.2, 0.25) is 10.2 Å². The highest BCUT2D eigenvalue weighted by Gasteiger charge is 2.18. The zero-order chi connectivity index (χ0) is 14.2. The van der Waals surface area contributed by atoms with Crippen LogP contribution in [0.5, 0.6) is 0 Å². The topological polar surface area (TPSA) is 38.0 Å². The quantitative estimate of drug-likeness (QED) is 0.892. The Kier molecular flexibility index (Phi) is 4.56. The number of rotatable bonds is 3. The maximum absolute atomic E-state index is 10.4. The SMILES string of the molecule is Cc1nn(C)c(Cl)c1CC(O)c1cc(Cl)ccc1Br. The van der Waals surface area contributed by atoms with Crippen LogP contribution in [0.15, 0.2) is 22.7 Å². The Balaban J connectivity index is 2.30. The first-order valence-electron chi connectivity index (χ1n) is 5.71. The van der Waals surface area contributed by atoms with Crippen molar-refractivity contribution < 1.29 is 5.11 Å². The average molecular weight is 364 g/mol. The van der Waals surface area contributed by atoms with Gasteiger partial charge >= 0.3 is 0 Å². The summed E-state index contributed by atoms with van der Waals surface area (Å²) in [4.78, 5) is 0. The molecule has 1 aromatic heterocycles. The molecule has 0 fully saturated rings. The van der Waals surface area contributed by atoms with Crippen molar-refractivity contribution in [2.45, 2.75) is 19.4 Å². The van der Waals surface area contributed by atoms with Gasteiger partial charge in [0.2, 0.25) is 0 Å². The van der Waals surface area contributed by atoms with Crippen molar-refractivity contribution in [3.8, 4) is 0 Å². The second-order valence-electron chi connectivity index (χ2n) is 4.36. The van der Waals surface area contributed by atoms with E-state index < -0.39 is 6.10 Å². The van der Waals surface area contributed by atoms with Gasteiger partial charge in [-0.2, -0.15) is 5.10 Å². The number of aromatic nitrogens is 2. The van der Waals surface area contributed by atoms with E-state index in [-0.39, 0.29) is 0 Å². The summed E-state index contributed by atoms with van der Waals surface area (Å²) in [5, 5.41) is 15.7. The summed E-state index contributed by atoms with van der Waals surface area (Å²) in [5.41, 5.74) is 2.42. The van der Waals surface area contributed by atoms with E-state index in [0.29, 0.717) is 16.6 Å². The van der Waals surface area contributed by atoms with Crippen LogP contribution >= 0.6 is 39.1 Å². The van der Waals surface area contributed by atoms with Gasteiger partial charge in [-0.25, -0.2) is 0 Å². The summed E-state index contributed by atoms with van der Waals surface area (Å²) in [6, 6.07) is 5.33. The van der Waals surface area contributed by atoms with Crippen molar-refractivity contribution in [2.24, 2.45) is 7.05 Å². The van der Waals surface area contributed by atoms with Gasteiger partial charge in [0.25, 0.3) is 0 Å². The summed E-state index contributed by atoms with van der Waals surface area (Å²) in [5.74, 6) is 0. The van der Waals surface area contributed by atoms with Crippen LogP contribution in [0.3, 0.4) is 0 Å². The Labute approximate surface area is 130 Å². The molecule has 1 atom stereocenters. The van der Waals surface area contributed by atoms with E-state index in [9.17, 15) is 5.11 Å². The van der Waals surface area contributed by atoms with Gasteiger partial charge in [0, 0.05) is 28.5 Å². The lowest BCUT2D eigenvalue weighted by Crippen LogP contribution is -2.04. The van der Waals surface area contributed by atoms with Crippen molar-refractivity contribution in [1.29, 1.82) is 0 Å². The molecule has 0 aliphatic rings. The third kappa shape index (κ3) is 3.14. The van der Waals surface area contributed by atoms with Crippen molar-refractivity contribution in [1.82, 2.24) is 9.78 Å². The Hall–Kier alpha value is -0.550. The minimum Gasteiger partial charge on any atom is -0.388 e. The molecule has 0 radical (unpaired) electrons. The minimum atomic E-state index is -0.687. The monoisotopic (exact) mass is 362 g/mol. The number of hydrogen-bond acceptors (Lipinski definition) is 2. The number of aryl methyl sites for hydroxylation is 2. The smallest absolute Gasteiger partial charge is 0.130 e. The normalized spacial score (nSPS) is 12.7. The lowest BCUT2D eigenvalue weighted by atomic mass is 10.0. The van der Waals surface area contributed by atoms with Crippen LogP contribution in [0, 0.1) is 6.92 Å². The molecule has 1 N–H and O–H groups in total. The zero-order valence-corrected chi connectivity index (χ0v) is 13.6. The summed E-state index contributed by atoms with van der Waals surface area (Å²) in [7, 11) is 1.78. The first kappa shape index (κ1) is 14.9. The van der Waals surface area contributed by atoms with E-state index in [1.807, 2.05) is 13.0 Å². The van der Waals surface area contributed by atoms with Gasteiger partial charge in [-0.05, 0) is 30.7 Å². The molecule has 102 valence electrons. The maximum atomic E-state index is 10.4. The minimum absolute atomic E-state index is 0.400. The molecule has 2 rings (SSSR count). The van der Waals surface area contributed by atoms with E-state index in [0.717, 1.165) is 21.3 Å². The van der Waals surface area contributed by atoms with Gasteiger partial charge < -0.3 is 5.11 Å². The molecule has 0 saturated carbocycles. The number of benzene rings is 1. The number of aliphatic hydroxyl groups is 1. The van der Waals surface area contributed by atoms with Crippen LogP contribution in [0.4, 0.5) is 0 Å². The van der Waals surface area contributed by atoms with Gasteiger partial charge in [0.15, 0.2) is 0 Å². The largest absolute Gasteiger partial charge is 0.388 e. The number of halogens is 3. The highest BCUT2D eigenvalue weighted by molar-refractivity contribution is 9.10. The van der Waals surface area contributed by atoms with E-state index in [4.69, 9.17) is 23.2 Å². The maximum Gasteiger partial charge on any atom is 0.130 e.